The summed E-state index contributed by atoms with van der Waals surface area (Å²) in [7, 11) is 1.57. The molecule has 0 unspecified atom stereocenters. The lowest BCUT2D eigenvalue weighted by molar-refractivity contribution is -0.118. The Morgan fingerprint density at radius 1 is 1.18 bits per heavy atom. The fraction of sp³-hybridized carbons (Fsp3) is 0.188. The first-order valence-electron chi connectivity index (χ1n) is 6.56. The molecule has 0 aliphatic heterocycles. The maximum absolute atomic E-state index is 13.1. The van der Waals surface area contributed by atoms with Crippen LogP contribution in [0.5, 0.6) is 5.75 Å². The summed E-state index contributed by atoms with van der Waals surface area (Å²) < 4.78 is 31.1. The van der Waals surface area contributed by atoms with Gasteiger partial charge in [0, 0.05) is 17.0 Å². The smallest absolute Gasteiger partial charge is 0.230 e. The maximum Gasteiger partial charge on any atom is 0.230 e. The Balaban J connectivity index is 1.84. The molecule has 1 amide bonds. The topological polar surface area (TPSA) is 38.3 Å². The molecule has 116 valence electrons. The highest BCUT2D eigenvalue weighted by Gasteiger charge is 2.07. The summed E-state index contributed by atoms with van der Waals surface area (Å²) in [5.41, 5.74) is 0.871. The molecule has 0 radical (unpaired) electrons. The van der Waals surface area contributed by atoms with Gasteiger partial charge in [0.15, 0.2) is 11.6 Å². The molecule has 0 aliphatic carbocycles. The molecule has 2 rings (SSSR count). The van der Waals surface area contributed by atoms with Crippen LogP contribution in [0.2, 0.25) is 0 Å². The Morgan fingerprint density at radius 3 is 2.68 bits per heavy atom. The summed E-state index contributed by atoms with van der Waals surface area (Å²) in [6.07, 6.45) is 0. The number of carbonyl (C=O) groups is 1. The van der Waals surface area contributed by atoms with E-state index < -0.39 is 11.6 Å². The largest absolute Gasteiger partial charge is 0.496 e. The Morgan fingerprint density at radius 2 is 1.95 bits per heavy atom. The zero-order valence-corrected chi connectivity index (χ0v) is 12.8. The Kier molecular flexibility index (Phi) is 5.77. The molecule has 0 fully saturated rings. The van der Waals surface area contributed by atoms with Crippen LogP contribution in [0.4, 0.5) is 8.78 Å². The molecular weight excluding hydrogens is 308 g/mol. The van der Waals surface area contributed by atoms with E-state index in [-0.39, 0.29) is 11.7 Å². The van der Waals surface area contributed by atoms with Crippen molar-refractivity contribution in [1.29, 1.82) is 0 Å². The summed E-state index contributed by atoms with van der Waals surface area (Å²) >= 11 is 1.15. The quantitative estimate of drug-likeness (QED) is 0.828. The number of methoxy groups -OCH3 is 1. The predicted octanol–water partition coefficient (Wildman–Crippen LogP) is 3.38. The molecule has 6 heteroatoms. The number of benzene rings is 2. The first-order valence-corrected chi connectivity index (χ1v) is 7.55. The molecule has 22 heavy (non-hydrogen) atoms. The lowest BCUT2D eigenvalue weighted by Crippen LogP contribution is -2.24. The molecule has 0 aromatic heterocycles. The van der Waals surface area contributed by atoms with Gasteiger partial charge in [-0.1, -0.05) is 18.2 Å². The van der Waals surface area contributed by atoms with E-state index in [1.54, 1.807) is 7.11 Å². The fourth-order valence-electron chi connectivity index (χ4n) is 1.81. The third kappa shape index (κ3) is 4.46. The van der Waals surface area contributed by atoms with Crippen LogP contribution in [0.15, 0.2) is 47.4 Å². The second-order valence-corrected chi connectivity index (χ2v) is 5.50. The molecular formula is C16H15F2NO2S. The van der Waals surface area contributed by atoms with Gasteiger partial charge >= 0.3 is 0 Å². The van der Waals surface area contributed by atoms with E-state index in [2.05, 4.69) is 5.32 Å². The van der Waals surface area contributed by atoms with Gasteiger partial charge < -0.3 is 10.1 Å². The SMILES string of the molecule is COc1ccccc1CNC(=O)CSc1ccc(F)c(F)c1. The second-order valence-electron chi connectivity index (χ2n) is 4.45. The third-order valence-electron chi connectivity index (χ3n) is 2.93. The number of carbonyl (C=O) groups excluding carboxylic acids is 1. The van der Waals surface area contributed by atoms with Crippen LogP contribution >= 0.6 is 11.8 Å². The number of hydrogen-bond donors (Lipinski definition) is 1. The fourth-order valence-corrected chi connectivity index (χ4v) is 2.56. The number of ether oxygens (including phenoxy) is 1. The molecule has 0 spiro atoms. The number of nitrogens with one attached hydrogen (secondary N) is 1. The molecule has 0 aliphatic rings. The highest BCUT2D eigenvalue weighted by molar-refractivity contribution is 8.00. The lowest BCUT2D eigenvalue weighted by atomic mass is 10.2. The average molecular weight is 323 g/mol. The van der Waals surface area contributed by atoms with Gasteiger partial charge in [-0.15, -0.1) is 11.8 Å². The Labute approximate surface area is 131 Å². The normalized spacial score (nSPS) is 10.3. The van der Waals surface area contributed by atoms with E-state index >= 15 is 0 Å². The van der Waals surface area contributed by atoms with Crippen molar-refractivity contribution in [3.63, 3.8) is 0 Å². The van der Waals surface area contributed by atoms with Crippen molar-refractivity contribution in [2.45, 2.75) is 11.4 Å². The number of thioether (sulfide) groups is 1. The van der Waals surface area contributed by atoms with Crippen molar-refractivity contribution >= 4 is 17.7 Å². The summed E-state index contributed by atoms with van der Waals surface area (Å²) in [6, 6.07) is 11.0. The minimum atomic E-state index is -0.917. The maximum atomic E-state index is 13.1. The van der Waals surface area contributed by atoms with Crippen molar-refractivity contribution < 1.29 is 18.3 Å². The van der Waals surface area contributed by atoms with Gasteiger partial charge in [0.2, 0.25) is 5.91 Å². The van der Waals surface area contributed by atoms with Crippen LogP contribution in [-0.4, -0.2) is 18.8 Å². The average Bonchev–Trinajstić information content (AvgIpc) is 2.54. The van der Waals surface area contributed by atoms with E-state index in [0.29, 0.717) is 17.2 Å². The number of amides is 1. The molecule has 1 N–H and O–H groups in total. The van der Waals surface area contributed by atoms with Gasteiger partial charge in [-0.2, -0.15) is 0 Å². The summed E-state index contributed by atoms with van der Waals surface area (Å²) in [4.78, 5) is 12.3. The van der Waals surface area contributed by atoms with Crippen molar-refractivity contribution in [3.05, 3.63) is 59.7 Å². The van der Waals surface area contributed by atoms with Gasteiger partial charge in [0.25, 0.3) is 0 Å². The number of para-hydroxylation sites is 1. The van der Waals surface area contributed by atoms with Gasteiger partial charge in [-0.3, -0.25) is 4.79 Å². The molecule has 2 aromatic carbocycles. The highest BCUT2D eigenvalue weighted by Crippen LogP contribution is 2.20. The van der Waals surface area contributed by atoms with Crippen LogP contribution < -0.4 is 10.1 Å². The zero-order chi connectivity index (χ0) is 15.9. The first kappa shape index (κ1) is 16.3. The van der Waals surface area contributed by atoms with Crippen molar-refractivity contribution in [2.75, 3.05) is 12.9 Å². The molecule has 0 saturated heterocycles. The van der Waals surface area contributed by atoms with Crippen molar-refractivity contribution in [1.82, 2.24) is 5.32 Å². The minimum absolute atomic E-state index is 0.125. The van der Waals surface area contributed by atoms with Crippen LogP contribution in [-0.2, 0) is 11.3 Å². The second kappa shape index (κ2) is 7.79. The van der Waals surface area contributed by atoms with E-state index in [4.69, 9.17) is 4.74 Å². The van der Waals surface area contributed by atoms with Crippen LogP contribution in [0, 0.1) is 11.6 Å². The molecule has 3 nitrogen and oxygen atoms in total. The summed E-state index contributed by atoms with van der Waals surface area (Å²) in [5.74, 6) is -1.18. The lowest BCUT2D eigenvalue weighted by Gasteiger charge is -2.09. The van der Waals surface area contributed by atoms with Gasteiger partial charge in [-0.25, -0.2) is 8.78 Å². The van der Waals surface area contributed by atoms with Crippen molar-refractivity contribution in [3.8, 4) is 5.75 Å². The summed E-state index contributed by atoms with van der Waals surface area (Å²) in [6.45, 7) is 0.348. The number of rotatable bonds is 6. The van der Waals surface area contributed by atoms with Gasteiger partial charge in [0.1, 0.15) is 5.75 Å². The highest BCUT2D eigenvalue weighted by atomic mass is 32.2. The Hall–Kier alpha value is -2.08. The summed E-state index contributed by atoms with van der Waals surface area (Å²) in [5, 5.41) is 2.76. The minimum Gasteiger partial charge on any atom is -0.496 e. The zero-order valence-electron chi connectivity index (χ0n) is 11.9. The van der Waals surface area contributed by atoms with Gasteiger partial charge in [0.05, 0.1) is 12.9 Å². The van der Waals surface area contributed by atoms with E-state index in [1.807, 2.05) is 24.3 Å². The predicted molar refractivity (Wildman–Crippen MR) is 81.9 cm³/mol. The van der Waals surface area contributed by atoms with Crippen LogP contribution in [0.3, 0.4) is 0 Å². The van der Waals surface area contributed by atoms with E-state index in [1.165, 1.54) is 6.07 Å². The third-order valence-corrected chi connectivity index (χ3v) is 3.92. The standard InChI is InChI=1S/C16H15F2NO2S/c1-21-15-5-3-2-4-11(15)9-19-16(20)10-22-12-6-7-13(17)14(18)8-12/h2-8H,9-10H2,1H3,(H,19,20). The first-order chi connectivity index (χ1) is 10.6. The van der Waals surface area contributed by atoms with E-state index in [9.17, 15) is 13.6 Å². The Bertz CT molecular complexity index is 664. The molecule has 2 aromatic rings. The number of halogens is 2. The molecule has 0 bridgehead atoms. The number of hydrogen-bond acceptors (Lipinski definition) is 3. The molecule has 0 saturated carbocycles. The molecule has 0 heterocycles. The van der Waals surface area contributed by atoms with Crippen molar-refractivity contribution in [2.24, 2.45) is 0 Å². The van der Waals surface area contributed by atoms with E-state index in [0.717, 1.165) is 29.5 Å². The monoisotopic (exact) mass is 323 g/mol. The molecule has 0 atom stereocenters. The van der Waals surface area contributed by atoms with Gasteiger partial charge in [-0.05, 0) is 24.3 Å². The van der Waals surface area contributed by atoms with Crippen LogP contribution in [0.1, 0.15) is 5.56 Å². The van der Waals surface area contributed by atoms with Crippen LogP contribution in [0.25, 0.3) is 0 Å².